The van der Waals surface area contributed by atoms with Gasteiger partial charge in [-0.1, -0.05) is 0 Å². The average molecular weight is 274 g/mol. The van der Waals surface area contributed by atoms with Crippen molar-refractivity contribution >= 4 is 11.5 Å². The molecule has 2 aromatic heterocycles. The van der Waals surface area contributed by atoms with Gasteiger partial charge in [-0.3, -0.25) is 0 Å². The van der Waals surface area contributed by atoms with E-state index in [1.54, 1.807) is 18.1 Å². The van der Waals surface area contributed by atoms with Gasteiger partial charge in [-0.2, -0.15) is 15.0 Å². The second-order valence-corrected chi connectivity index (χ2v) is 4.90. The molecule has 0 spiro atoms. The van der Waals surface area contributed by atoms with Crippen LogP contribution in [0.3, 0.4) is 0 Å². The van der Waals surface area contributed by atoms with E-state index in [4.69, 9.17) is 10.5 Å². The third-order valence-electron chi connectivity index (χ3n) is 3.71. The van der Waals surface area contributed by atoms with Gasteiger partial charge in [-0.15, -0.1) is 0 Å². The van der Waals surface area contributed by atoms with Crippen molar-refractivity contribution in [2.45, 2.75) is 19.5 Å². The molecule has 3 heterocycles. The Hall–Kier alpha value is -2.15. The quantitative estimate of drug-likeness (QED) is 0.902. The van der Waals surface area contributed by atoms with Crippen LogP contribution >= 0.6 is 0 Å². The molecule has 2 aromatic rings. The molecule has 0 bridgehead atoms. The number of methoxy groups -OCH3 is 1. The summed E-state index contributed by atoms with van der Waals surface area (Å²) in [5, 5.41) is 9.14. The van der Waals surface area contributed by atoms with Crippen LogP contribution < -0.4 is 10.6 Å². The third-order valence-corrected chi connectivity index (χ3v) is 3.71. The highest BCUT2D eigenvalue weighted by molar-refractivity contribution is 5.87. The molecule has 1 aliphatic heterocycles. The zero-order valence-electron chi connectivity index (χ0n) is 11.9. The van der Waals surface area contributed by atoms with E-state index < -0.39 is 0 Å². The largest absolute Gasteiger partial charge is 0.383 e. The van der Waals surface area contributed by atoms with E-state index in [0.29, 0.717) is 19.0 Å². The molecule has 7 heteroatoms. The van der Waals surface area contributed by atoms with Crippen LogP contribution in [0, 0.1) is 0 Å². The number of nitrogens with zero attached hydrogens (tertiary/aromatic N) is 5. The minimum Gasteiger partial charge on any atom is -0.383 e. The van der Waals surface area contributed by atoms with Crippen molar-refractivity contribution in [2.24, 2.45) is 0 Å². The topological polar surface area (TPSA) is 82.1 Å². The maximum absolute atomic E-state index is 6.01. The molecule has 7 nitrogen and oxygen atoms in total. The molecule has 3 rings (SSSR count). The Bertz CT molecular complexity index is 638. The summed E-state index contributed by atoms with van der Waals surface area (Å²) in [5.74, 6) is 0.522. The Balaban J connectivity index is 2.12. The first-order valence-corrected chi connectivity index (χ1v) is 6.55. The Morgan fingerprint density at radius 2 is 2.20 bits per heavy atom. The number of hydrogen-bond donors (Lipinski definition) is 1. The van der Waals surface area contributed by atoms with Crippen LogP contribution in [0.15, 0.2) is 12.3 Å². The van der Waals surface area contributed by atoms with Crippen LogP contribution in [0.1, 0.15) is 18.7 Å². The number of nitrogen functional groups attached to an aromatic ring is 1. The zero-order chi connectivity index (χ0) is 14.3. The number of ether oxygens (including phenoxy) is 1. The molecule has 1 unspecified atom stereocenters. The number of pyridine rings is 1. The van der Waals surface area contributed by atoms with Crippen molar-refractivity contribution in [3.05, 3.63) is 18.0 Å². The fourth-order valence-electron chi connectivity index (χ4n) is 2.52. The average Bonchev–Trinajstić information content (AvgIpc) is 2.87. The summed E-state index contributed by atoms with van der Waals surface area (Å²) < 4.78 is 5.07. The molecule has 1 atom stereocenters. The normalized spacial score (nSPS) is 16.9. The van der Waals surface area contributed by atoms with Crippen molar-refractivity contribution < 1.29 is 4.74 Å². The van der Waals surface area contributed by atoms with Gasteiger partial charge in [0.2, 0.25) is 0 Å². The third kappa shape index (κ3) is 1.82. The van der Waals surface area contributed by atoms with E-state index >= 15 is 0 Å². The van der Waals surface area contributed by atoms with E-state index in [1.165, 1.54) is 0 Å². The molecular formula is C13H18N6O. The zero-order valence-corrected chi connectivity index (χ0v) is 11.9. The van der Waals surface area contributed by atoms with Gasteiger partial charge in [0.25, 0.3) is 0 Å². The van der Waals surface area contributed by atoms with E-state index in [9.17, 15) is 0 Å². The van der Waals surface area contributed by atoms with E-state index in [1.807, 2.05) is 13.1 Å². The van der Waals surface area contributed by atoms with Gasteiger partial charge in [-0.05, 0) is 13.0 Å². The number of fused-ring (bicyclic) bond motifs is 3. The maximum Gasteiger partial charge on any atom is 0.147 e. The van der Waals surface area contributed by atoms with Crippen LogP contribution in [-0.2, 0) is 11.3 Å². The fourth-order valence-corrected chi connectivity index (χ4v) is 2.52. The lowest BCUT2D eigenvalue weighted by molar-refractivity contribution is 0.178. The number of hydrogen-bond acceptors (Lipinski definition) is 6. The molecule has 2 N–H and O–H groups in total. The molecule has 0 saturated carbocycles. The smallest absolute Gasteiger partial charge is 0.147 e. The van der Waals surface area contributed by atoms with Gasteiger partial charge in [-0.25, -0.2) is 4.98 Å². The second-order valence-electron chi connectivity index (χ2n) is 4.90. The minimum absolute atomic E-state index is 0.111. The fraction of sp³-hybridized carbons (Fsp3) is 0.462. The lowest BCUT2D eigenvalue weighted by Gasteiger charge is -2.32. The highest BCUT2D eigenvalue weighted by Crippen LogP contribution is 2.43. The SMILES string of the molecule is COCCn1nc2c(n1)C(C)N(C)c1c-2ccnc1N. The van der Waals surface area contributed by atoms with Crippen molar-refractivity contribution in [2.75, 3.05) is 31.4 Å². The van der Waals surface area contributed by atoms with Crippen LogP contribution in [-0.4, -0.2) is 40.7 Å². The Kier molecular flexibility index (Phi) is 3.06. The number of aromatic nitrogens is 4. The first kappa shape index (κ1) is 12.9. The Morgan fingerprint density at radius 1 is 1.40 bits per heavy atom. The van der Waals surface area contributed by atoms with Crippen molar-refractivity contribution in [1.82, 2.24) is 20.0 Å². The number of rotatable bonds is 3. The van der Waals surface area contributed by atoms with Gasteiger partial charge in [0.05, 0.1) is 24.9 Å². The van der Waals surface area contributed by atoms with Gasteiger partial charge in [0.1, 0.15) is 17.2 Å². The van der Waals surface area contributed by atoms with Crippen LogP contribution in [0.4, 0.5) is 11.5 Å². The van der Waals surface area contributed by atoms with Crippen LogP contribution in [0.25, 0.3) is 11.3 Å². The lowest BCUT2D eigenvalue weighted by Crippen LogP contribution is -2.27. The van der Waals surface area contributed by atoms with E-state index in [0.717, 1.165) is 22.6 Å². The minimum atomic E-state index is 0.111. The van der Waals surface area contributed by atoms with Gasteiger partial charge in [0.15, 0.2) is 0 Å². The molecule has 20 heavy (non-hydrogen) atoms. The van der Waals surface area contributed by atoms with E-state index in [-0.39, 0.29) is 6.04 Å². The summed E-state index contributed by atoms with van der Waals surface area (Å²) in [6.07, 6.45) is 1.70. The molecule has 0 saturated heterocycles. The first-order valence-electron chi connectivity index (χ1n) is 6.55. The monoisotopic (exact) mass is 274 g/mol. The number of nitrogens with two attached hydrogens (primary N) is 1. The van der Waals surface area contributed by atoms with Crippen LogP contribution in [0.5, 0.6) is 0 Å². The van der Waals surface area contributed by atoms with Gasteiger partial charge >= 0.3 is 0 Å². The maximum atomic E-state index is 6.01. The summed E-state index contributed by atoms with van der Waals surface area (Å²) in [7, 11) is 3.67. The highest BCUT2D eigenvalue weighted by Gasteiger charge is 2.31. The molecule has 0 amide bonds. The van der Waals surface area contributed by atoms with Crippen LogP contribution in [0.2, 0.25) is 0 Å². The molecule has 1 aliphatic rings. The molecule has 0 radical (unpaired) electrons. The molecule has 0 aliphatic carbocycles. The summed E-state index contributed by atoms with van der Waals surface area (Å²) >= 11 is 0. The van der Waals surface area contributed by atoms with Crippen molar-refractivity contribution in [1.29, 1.82) is 0 Å². The van der Waals surface area contributed by atoms with E-state index in [2.05, 4.69) is 27.0 Å². The lowest BCUT2D eigenvalue weighted by atomic mass is 9.99. The predicted molar refractivity (Wildman–Crippen MR) is 76.4 cm³/mol. The molecular weight excluding hydrogens is 256 g/mol. The van der Waals surface area contributed by atoms with Crippen molar-refractivity contribution in [3.63, 3.8) is 0 Å². The molecule has 0 fully saturated rings. The summed E-state index contributed by atoms with van der Waals surface area (Å²) in [6.45, 7) is 3.31. The second kappa shape index (κ2) is 4.75. The predicted octanol–water partition coefficient (Wildman–Crippen LogP) is 1.08. The first-order chi connectivity index (χ1) is 9.63. The molecule has 0 aromatic carbocycles. The number of anilines is 2. The molecule has 106 valence electrons. The van der Waals surface area contributed by atoms with Gasteiger partial charge < -0.3 is 15.4 Å². The standard InChI is InChI=1S/C13H18N6O/c1-8-10-11(17-19(16-10)6-7-20-3)9-4-5-15-13(14)12(9)18(8)2/h4-5,8H,6-7H2,1-3H3,(H2,14,15). The summed E-state index contributed by atoms with van der Waals surface area (Å²) in [4.78, 5) is 7.95. The van der Waals surface area contributed by atoms with Crippen molar-refractivity contribution in [3.8, 4) is 11.3 Å². The van der Waals surface area contributed by atoms with Gasteiger partial charge in [0, 0.05) is 25.9 Å². The Labute approximate surface area is 117 Å². The summed E-state index contributed by atoms with van der Waals surface area (Å²) in [6, 6.07) is 2.04. The Morgan fingerprint density at radius 3 is 2.95 bits per heavy atom. The summed E-state index contributed by atoms with van der Waals surface area (Å²) in [5.41, 5.74) is 9.76. The highest BCUT2D eigenvalue weighted by atomic mass is 16.5.